The third kappa shape index (κ3) is 5.15. The Morgan fingerprint density at radius 3 is 2.29 bits per heavy atom. The van der Waals surface area contributed by atoms with Gasteiger partial charge in [0.2, 0.25) is 5.91 Å². The van der Waals surface area contributed by atoms with E-state index in [4.69, 9.17) is 4.74 Å². The zero-order chi connectivity index (χ0) is 12.7. The summed E-state index contributed by atoms with van der Waals surface area (Å²) in [7, 11) is 0. The summed E-state index contributed by atoms with van der Waals surface area (Å²) in [5, 5.41) is 2.71. The molecule has 0 radical (unpaired) electrons. The van der Waals surface area contributed by atoms with E-state index in [-0.39, 0.29) is 18.3 Å². The van der Waals surface area contributed by atoms with Gasteiger partial charge in [0, 0.05) is 13.5 Å². The Labute approximate surface area is 101 Å². The summed E-state index contributed by atoms with van der Waals surface area (Å²) in [5.41, 5.74) is 1.92. The number of carbonyl (C=O) groups excluding carboxylic acids is 2. The molecule has 0 atom stereocenters. The van der Waals surface area contributed by atoms with E-state index in [2.05, 4.69) is 5.32 Å². The number of amides is 1. The molecular formula is C13H17NO3. The molecular weight excluding hydrogens is 218 g/mol. The number of nitrogens with one attached hydrogen (secondary N) is 1. The molecule has 0 aliphatic heterocycles. The highest BCUT2D eigenvalue weighted by Gasteiger charge is 2.03. The van der Waals surface area contributed by atoms with Gasteiger partial charge in [0.25, 0.3) is 0 Å². The van der Waals surface area contributed by atoms with Crippen LogP contribution in [0.15, 0.2) is 24.3 Å². The molecule has 1 aromatic rings. The molecule has 0 heterocycles. The highest BCUT2D eigenvalue weighted by molar-refractivity contribution is 5.73. The highest BCUT2D eigenvalue weighted by Crippen LogP contribution is 2.05. The molecule has 0 fully saturated rings. The molecule has 0 unspecified atom stereocenters. The first kappa shape index (κ1) is 13.2. The van der Waals surface area contributed by atoms with Crippen LogP contribution in [-0.4, -0.2) is 18.5 Å². The third-order valence-corrected chi connectivity index (χ3v) is 2.22. The fourth-order valence-electron chi connectivity index (χ4n) is 1.38. The Balaban J connectivity index is 2.49. The van der Waals surface area contributed by atoms with E-state index < -0.39 is 0 Å². The number of ether oxygens (including phenoxy) is 1. The maximum Gasteiger partial charge on any atom is 0.310 e. The van der Waals surface area contributed by atoms with Crippen molar-refractivity contribution in [3.8, 4) is 0 Å². The monoisotopic (exact) mass is 235 g/mol. The van der Waals surface area contributed by atoms with Crippen LogP contribution in [0.4, 0.5) is 0 Å². The quantitative estimate of drug-likeness (QED) is 0.785. The summed E-state index contributed by atoms with van der Waals surface area (Å²) < 4.78 is 4.86. The van der Waals surface area contributed by atoms with Gasteiger partial charge in [-0.25, -0.2) is 0 Å². The minimum Gasteiger partial charge on any atom is -0.466 e. The van der Waals surface area contributed by atoms with E-state index in [1.165, 1.54) is 6.92 Å². The van der Waals surface area contributed by atoms with E-state index >= 15 is 0 Å². The number of hydrogen-bond donors (Lipinski definition) is 1. The molecule has 92 valence electrons. The summed E-state index contributed by atoms with van der Waals surface area (Å²) in [4.78, 5) is 22.0. The van der Waals surface area contributed by atoms with Crippen molar-refractivity contribution in [3.05, 3.63) is 35.4 Å². The predicted octanol–water partition coefficient (Wildman–Crippen LogP) is 1.43. The summed E-state index contributed by atoms with van der Waals surface area (Å²) >= 11 is 0. The second kappa shape index (κ2) is 6.68. The van der Waals surface area contributed by atoms with Gasteiger partial charge in [-0.1, -0.05) is 24.3 Å². The topological polar surface area (TPSA) is 55.4 Å². The van der Waals surface area contributed by atoms with Crippen molar-refractivity contribution in [2.24, 2.45) is 0 Å². The first-order chi connectivity index (χ1) is 8.11. The molecule has 0 saturated heterocycles. The molecule has 4 heteroatoms. The van der Waals surface area contributed by atoms with Gasteiger partial charge >= 0.3 is 5.97 Å². The van der Waals surface area contributed by atoms with Crippen LogP contribution in [0.3, 0.4) is 0 Å². The predicted molar refractivity (Wildman–Crippen MR) is 64.3 cm³/mol. The third-order valence-electron chi connectivity index (χ3n) is 2.22. The van der Waals surface area contributed by atoms with Crippen molar-refractivity contribution < 1.29 is 14.3 Å². The van der Waals surface area contributed by atoms with Crippen LogP contribution in [0.1, 0.15) is 25.0 Å². The van der Waals surface area contributed by atoms with Crippen molar-refractivity contribution in [1.82, 2.24) is 5.32 Å². The summed E-state index contributed by atoms with van der Waals surface area (Å²) in [6.07, 6.45) is 0.286. The SMILES string of the molecule is CCOC(=O)Cc1ccc(CNC(C)=O)cc1. The minimum absolute atomic E-state index is 0.0550. The van der Waals surface area contributed by atoms with E-state index in [0.29, 0.717) is 13.2 Å². The zero-order valence-electron chi connectivity index (χ0n) is 10.2. The lowest BCUT2D eigenvalue weighted by Crippen LogP contribution is -2.18. The normalized spacial score (nSPS) is 9.76. The van der Waals surface area contributed by atoms with Gasteiger partial charge in [-0.05, 0) is 18.1 Å². The van der Waals surface area contributed by atoms with Crippen molar-refractivity contribution in [1.29, 1.82) is 0 Å². The molecule has 0 aromatic heterocycles. The van der Waals surface area contributed by atoms with Crippen LogP contribution < -0.4 is 5.32 Å². The number of benzene rings is 1. The van der Waals surface area contributed by atoms with Gasteiger partial charge < -0.3 is 10.1 Å². The molecule has 0 aliphatic carbocycles. The fraction of sp³-hybridized carbons (Fsp3) is 0.385. The van der Waals surface area contributed by atoms with E-state index in [9.17, 15) is 9.59 Å². The Bertz CT molecular complexity index is 384. The first-order valence-corrected chi connectivity index (χ1v) is 5.59. The van der Waals surface area contributed by atoms with Crippen LogP contribution in [0.2, 0.25) is 0 Å². The Hall–Kier alpha value is -1.84. The smallest absolute Gasteiger partial charge is 0.310 e. The van der Waals surface area contributed by atoms with Crippen molar-refractivity contribution >= 4 is 11.9 Å². The number of hydrogen-bond acceptors (Lipinski definition) is 3. The van der Waals surface area contributed by atoms with Crippen LogP contribution in [0.5, 0.6) is 0 Å². The molecule has 17 heavy (non-hydrogen) atoms. The molecule has 1 aromatic carbocycles. The van der Waals surface area contributed by atoms with E-state index in [0.717, 1.165) is 11.1 Å². The Kier molecular flexibility index (Phi) is 5.20. The van der Waals surface area contributed by atoms with Gasteiger partial charge in [-0.3, -0.25) is 9.59 Å². The number of carbonyl (C=O) groups is 2. The maximum atomic E-state index is 11.2. The molecule has 4 nitrogen and oxygen atoms in total. The maximum absolute atomic E-state index is 11.2. The van der Waals surface area contributed by atoms with Crippen molar-refractivity contribution in [2.45, 2.75) is 26.8 Å². The number of esters is 1. The first-order valence-electron chi connectivity index (χ1n) is 5.59. The molecule has 1 N–H and O–H groups in total. The molecule has 1 rings (SSSR count). The molecule has 0 spiro atoms. The Morgan fingerprint density at radius 2 is 1.76 bits per heavy atom. The highest BCUT2D eigenvalue weighted by atomic mass is 16.5. The largest absolute Gasteiger partial charge is 0.466 e. The van der Waals surface area contributed by atoms with Gasteiger partial charge in [-0.15, -0.1) is 0 Å². The van der Waals surface area contributed by atoms with E-state index in [1.54, 1.807) is 6.92 Å². The van der Waals surface area contributed by atoms with Crippen LogP contribution >= 0.6 is 0 Å². The second-order valence-electron chi connectivity index (χ2n) is 3.71. The van der Waals surface area contributed by atoms with Crippen LogP contribution in [0, 0.1) is 0 Å². The minimum atomic E-state index is -0.220. The van der Waals surface area contributed by atoms with Gasteiger partial charge in [-0.2, -0.15) is 0 Å². The molecule has 0 bridgehead atoms. The zero-order valence-corrected chi connectivity index (χ0v) is 10.2. The van der Waals surface area contributed by atoms with Crippen molar-refractivity contribution in [3.63, 3.8) is 0 Å². The van der Waals surface area contributed by atoms with Crippen LogP contribution in [-0.2, 0) is 27.3 Å². The molecule has 0 aliphatic rings. The van der Waals surface area contributed by atoms with E-state index in [1.807, 2.05) is 24.3 Å². The second-order valence-corrected chi connectivity index (χ2v) is 3.71. The molecule has 0 saturated carbocycles. The van der Waals surface area contributed by atoms with Gasteiger partial charge in [0.15, 0.2) is 0 Å². The number of rotatable bonds is 5. The van der Waals surface area contributed by atoms with Crippen LogP contribution in [0.25, 0.3) is 0 Å². The summed E-state index contributed by atoms with van der Waals surface area (Å²) in [5.74, 6) is -0.275. The molecule has 1 amide bonds. The van der Waals surface area contributed by atoms with Gasteiger partial charge in [0.05, 0.1) is 13.0 Å². The summed E-state index contributed by atoms with van der Waals surface area (Å²) in [6.45, 7) is 4.18. The Morgan fingerprint density at radius 1 is 1.18 bits per heavy atom. The summed E-state index contributed by atoms with van der Waals surface area (Å²) in [6, 6.07) is 7.52. The standard InChI is InChI=1S/C13H17NO3/c1-3-17-13(16)8-11-4-6-12(7-5-11)9-14-10(2)15/h4-7H,3,8-9H2,1-2H3,(H,14,15). The lowest BCUT2D eigenvalue weighted by Gasteiger charge is -2.05. The lowest BCUT2D eigenvalue weighted by atomic mass is 10.1. The fourth-order valence-corrected chi connectivity index (χ4v) is 1.38. The van der Waals surface area contributed by atoms with Gasteiger partial charge in [0.1, 0.15) is 0 Å². The average molecular weight is 235 g/mol. The van der Waals surface area contributed by atoms with Crippen molar-refractivity contribution in [2.75, 3.05) is 6.61 Å². The lowest BCUT2D eigenvalue weighted by molar-refractivity contribution is -0.142. The average Bonchev–Trinajstić information content (AvgIpc) is 2.28.